The lowest BCUT2D eigenvalue weighted by Crippen LogP contribution is -2.29. The van der Waals surface area contributed by atoms with Crippen molar-refractivity contribution in [2.24, 2.45) is 48.4 Å². The van der Waals surface area contributed by atoms with Gasteiger partial charge in [-0.15, -0.1) is 58.7 Å². The second-order valence-electron chi connectivity index (χ2n) is 28.4. The number of sulfonamides is 2. The van der Waals surface area contributed by atoms with Crippen LogP contribution in [0.15, 0.2) is 371 Å². The van der Waals surface area contributed by atoms with Gasteiger partial charge in [0.1, 0.15) is 45.7 Å². The standard InChI is InChI=1S/C39H38N5O5S2.C34H33ClN4O5S2.C22H17ClN4O3S.CH4/c1-2-3-4-7-14-29-21-23-32(24-22-29)51(45,46)43-34-18-12-15-30-27-38(50-49-48-40)35(28-33(30)34)41-42-39-36(44-25-10-6-11-26-44)19-13-20-37(39)47-31-16-8-5-9-17-31;1-2-3-4-6-11-24-18-20-27(21-19-24)46(40,41)39-30-16-9-12-25-22-33(45-44-43-36)31(23-28(25)30)37-38-34-29(35)15-10-17-32(34)42-26-13-7-5-8-14-26;23-17-9-5-11-20(28-15-7-2-1-3-8-15)22(17)27-26-19-13-16-14(6-4-10-18(16)24)12-21(19)31-30-29-25;/h5-6,8-13,15-28,43H,2-4,7,14,40H2,1H3;5,7-10,12-23,39H,2-4,6,11,36H2,1H3;1-13H,24-25H2;1H4/q+1;;;. The Morgan fingerprint density at radius 1 is 0.364 bits per heavy atom. The molecule has 1 heterocycles. The van der Waals surface area contributed by atoms with Gasteiger partial charge in [0.2, 0.25) is 5.69 Å². The monoisotopic (exact) mass is 1860 g/mol. The maximum absolute atomic E-state index is 13.6. The third kappa shape index (κ3) is 26.7. The van der Waals surface area contributed by atoms with Crippen LogP contribution in [0.3, 0.4) is 0 Å². The molecule has 0 amide bonds. The molecule has 10 N–H and O–H groups in total. The maximum atomic E-state index is 13.6. The number of fused-ring (bicyclic) bond motifs is 3. The first-order chi connectivity index (χ1) is 62.5. The SMILES string of the molecule is C.CCCCCCc1ccc(S(=O)(=O)Nc2cccc3cc(SOON)c(N=Nc4c(Cl)cccc4Oc4ccccc4)cc23)cc1.CCCCCCc1ccc(S(=O)(=O)Nc2cccc3cc(SOON)c(N=Nc4c(Oc5ccccc5)cccc4-[n+]4ccccc4)cc23)cc1.NOOSc1cc2cccc(N)c2cc1N=Nc1c(Cl)cccc1Oc1ccccc1. The number of aryl methyl sites for hydroxylation is 2. The van der Waals surface area contributed by atoms with Gasteiger partial charge in [-0.2, -0.15) is 22.3 Å². The topological polar surface area (TPSA) is 358 Å². The Bertz CT molecular complexity index is 6580. The number of hydrogen-bond acceptors (Lipinski definition) is 26. The highest BCUT2D eigenvalue weighted by Gasteiger charge is 2.24. The summed E-state index contributed by atoms with van der Waals surface area (Å²) in [5, 5.41) is 32.1. The van der Waals surface area contributed by atoms with Gasteiger partial charge in [-0.25, -0.2) is 16.8 Å². The lowest BCUT2D eigenvalue weighted by Gasteiger charge is -2.13. The minimum absolute atomic E-state index is 0. The number of anilines is 3. The van der Waals surface area contributed by atoms with E-state index in [2.05, 4.69) is 63.8 Å². The van der Waals surface area contributed by atoms with Crippen LogP contribution in [-0.2, 0) is 60.9 Å². The molecule has 33 heteroatoms. The van der Waals surface area contributed by atoms with Gasteiger partial charge in [0, 0.05) is 40.0 Å². The molecule has 1 aromatic heterocycles. The first-order valence-corrected chi connectivity index (χ1v) is 46.3. The molecule has 15 aromatic rings. The summed E-state index contributed by atoms with van der Waals surface area (Å²) in [6.45, 7) is 4.36. The van der Waals surface area contributed by atoms with Crippen LogP contribution in [0.5, 0.6) is 34.5 Å². The Morgan fingerprint density at radius 2 is 0.713 bits per heavy atom. The molecule has 0 fully saturated rings. The van der Waals surface area contributed by atoms with Gasteiger partial charge in [0.25, 0.3) is 20.0 Å². The third-order valence-corrected chi connectivity index (χ3v) is 24.9. The van der Waals surface area contributed by atoms with Crippen LogP contribution < -0.4 is 51.6 Å². The van der Waals surface area contributed by atoms with Gasteiger partial charge in [0.05, 0.1) is 82.0 Å². The first-order valence-electron chi connectivity index (χ1n) is 40.4. The van der Waals surface area contributed by atoms with E-state index in [-0.39, 0.29) is 17.2 Å². The molecule has 0 aliphatic rings. The molecule has 14 aromatic carbocycles. The third-order valence-electron chi connectivity index (χ3n) is 19.6. The zero-order valence-corrected chi connectivity index (χ0v) is 74.7. The fourth-order valence-corrected chi connectivity index (χ4v) is 17.2. The second kappa shape index (κ2) is 48.3. The molecule has 0 atom stereocenters. The quantitative estimate of drug-likeness (QED) is 0.00398. The van der Waals surface area contributed by atoms with E-state index in [1.54, 1.807) is 109 Å². The molecular weight excluding hydrogens is 1770 g/mol. The minimum atomic E-state index is -3.90. The summed E-state index contributed by atoms with van der Waals surface area (Å²) >= 11 is 15.5. The number of benzene rings is 14. The molecule has 129 heavy (non-hydrogen) atoms. The van der Waals surface area contributed by atoms with Crippen LogP contribution in [0.25, 0.3) is 38.0 Å². The number of nitrogens with zero attached hydrogens (tertiary/aromatic N) is 7. The van der Waals surface area contributed by atoms with Crippen molar-refractivity contribution in [3.05, 3.63) is 337 Å². The van der Waals surface area contributed by atoms with Gasteiger partial charge in [-0.3, -0.25) is 9.44 Å². The zero-order chi connectivity index (χ0) is 89.5. The summed E-state index contributed by atoms with van der Waals surface area (Å²) in [5.74, 6) is 18.5. The molecule has 26 nitrogen and oxygen atoms in total. The second-order valence-corrected chi connectivity index (χ2v) is 34.8. The van der Waals surface area contributed by atoms with Crippen LogP contribution in [0, 0.1) is 0 Å². The number of nitrogen functional groups attached to an aromatic ring is 1. The van der Waals surface area contributed by atoms with E-state index in [0.717, 1.165) is 113 Å². The number of para-hydroxylation sites is 3. The normalized spacial score (nSPS) is 11.5. The molecule has 15 rings (SSSR count). The van der Waals surface area contributed by atoms with Crippen molar-refractivity contribution >= 4 is 163 Å². The molecule has 0 aliphatic carbocycles. The number of halogens is 2. The lowest BCUT2D eigenvalue weighted by molar-refractivity contribution is -0.595. The predicted molar refractivity (Wildman–Crippen MR) is 513 cm³/mol. The van der Waals surface area contributed by atoms with Gasteiger partial charge in [-0.05, 0) is 199 Å². The van der Waals surface area contributed by atoms with Crippen molar-refractivity contribution in [1.29, 1.82) is 0 Å². The Kier molecular flexibility index (Phi) is 35.9. The van der Waals surface area contributed by atoms with Crippen LogP contribution in [-0.4, -0.2) is 16.8 Å². The van der Waals surface area contributed by atoms with E-state index >= 15 is 0 Å². The van der Waals surface area contributed by atoms with Crippen molar-refractivity contribution in [2.45, 2.75) is 110 Å². The molecule has 0 radical (unpaired) electrons. The average molecular weight is 1870 g/mol. The van der Waals surface area contributed by atoms with Crippen LogP contribution in [0.1, 0.15) is 83.8 Å². The highest BCUT2D eigenvalue weighted by Crippen LogP contribution is 2.47. The van der Waals surface area contributed by atoms with Crippen LogP contribution >= 0.6 is 59.3 Å². The van der Waals surface area contributed by atoms with E-state index in [0.29, 0.717) is 121 Å². The maximum Gasteiger partial charge on any atom is 0.261 e. The van der Waals surface area contributed by atoms with Gasteiger partial charge in [-0.1, -0.05) is 223 Å². The van der Waals surface area contributed by atoms with E-state index in [4.69, 9.17) is 79.0 Å². The van der Waals surface area contributed by atoms with Crippen LogP contribution in [0.2, 0.25) is 10.0 Å². The van der Waals surface area contributed by atoms with Gasteiger partial charge < -0.3 is 19.9 Å². The number of pyridine rings is 1. The molecule has 662 valence electrons. The first kappa shape index (κ1) is 95.9. The van der Waals surface area contributed by atoms with Crippen LogP contribution in [0.4, 0.5) is 51.2 Å². The molecule has 0 unspecified atom stereocenters. The minimum Gasteiger partial charge on any atom is -0.455 e. The number of azo groups is 3. The van der Waals surface area contributed by atoms with E-state index in [1.807, 2.05) is 211 Å². The Labute approximate surface area is 771 Å². The Hall–Kier alpha value is -12.2. The molecule has 0 saturated heterocycles. The number of nitrogens with two attached hydrogens (primary N) is 4. The highest BCUT2D eigenvalue weighted by molar-refractivity contribution is 7.95. The number of rotatable bonds is 38. The summed E-state index contributed by atoms with van der Waals surface area (Å²) in [6.07, 6.45) is 14.9. The van der Waals surface area contributed by atoms with Gasteiger partial charge in [0.15, 0.2) is 35.3 Å². The van der Waals surface area contributed by atoms with E-state index < -0.39 is 20.0 Å². The Morgan fingerprint density at radius 3 is 1.11 bits per heavy atom. The molecule has 0 aliphatic heterocycles. The fourth-order valence-electron chi connectivity index (χ4n) is 13.2. The Balaban J connectivity index is 0.000000180. The number of aromatic nitrogens is 1. The molecular formula is C96H92Cl2N13O13S5+. The zero-order valence-electron chi connectivity index (χ0n) is 69.1. The summed E-state index contributed by atoms with van der Waals surface area (Å²) in [4.78, 5) is 15.0. The highest BCUT2D eigenvalue weighted by atomic mass is 35.5. The van der Waals surface area contributed by atoms with E-state index in [1.165, 1.54) is 25.7 Å². The largest absolute Gasteiger partial charge is 0.455 e. The van der Waals surface area contributed by atoms with Crippen molar-refractivity contribution in [1.82, 2.24) is 0 Å². The van der Waals surface area contributed by atoms with Crippen molar-refractivity contribution in [3.63, 3.8) is 0 Å². The number of unbranched alkanes of at least 4 members (excludes halogenated alkanes) is 6. The fraction of sp³-hybridized carbons (Fsp3) is 0.135. The smallest absolute Gasteiger partial charge is 0.261 e. The van der Waals surface area contributed by atoms with Gasteiger partial charge >= 0.3 is 0 Å². The number of ether oxygens (including phenoxy) is 3. The summed E-state index contributed by atoms with van der Waals surface area (Å²) in [6, 6.07) is 90.8. The van der Waals surface area contributed by atoms with Crippen molar-refractivity contribution in [3.8, 4) is 40.2 Å². The van der Waals surface area contributed by atoms with E-state index in [9.17, 15) is 16.8 Å². The van der Waals surface area contributed by atoms with Crippen molar-refractivity contribution in [2.75, 3.05) is 15.2 Å². The number of hydrogen-bond donors (Lipinski definition) is 6. The predicted octanol–water partition coefficient (Wildman–Crippen LogP) is 28.3. The number of nitrogens with one attached hydrogen (secondary N) is 2. The molecule has 0 saturated carbocycles. The average Bonchev–Trinajstić information content (AvgIpc) is 0.782. The summed E-state index contributed by atoms with van der Waals surface area (Å²) < 4.78 is 94.5. The molecule has 0 spiro atoms. The van der Waals surface area contributed by atoms with Crippen molar-refractivity contribution < 1.29 is 63.6 Å². The lowest BCUT2D eigenvalue weighted by atomic mass is 10.1. The molecule has 0 bridgehead atoms. The summed E-state index contributed by atoms with van der Waals surface area (Å²) in [5.41, 5.74) is 12.8. The summed E-state index contributed by atoms with van der Waals surface area (Å²) in [7, 11) is -7.79.